The lowest BCUT2D eigenvalue weighted by Gasteiger charge is -2.23. The van der Waals surface area contributed by atoms with E-state index >= 15 is 0 Å². The number of nitrogens with zero attached hydrogens (tertiary/aromatic N) is 2. The summed E-state index contributed by atoms with van der Waals surface area (Å²) in [5, 5.41) is 6.26. The predicted molar refractivity (Wildman–Crippen MR) is 121 cm³/mol. The van der Waals surface area contributed by atoms with Crippen molar-refractivity contribution in [2.75, 3.05) is 17.2 Å². The molecule has 1 atom stereocenters. The first kappa shape index (κ1) is 21.7. The van der Waals surface area contributed by atoms with Crippen molar-refractivity contribution in [1.82, 2.24) is 9.29 Å². The molecule has 1 saturated heterocycles. The molecule has 0 aliphatic carbocycles. The van der Waals surface area contributed by atoms with E-state index in [1.165, 1.54) is 46.8 Å². The van der Waals surface area contributed by atoms with Crippen LogP contribution in [-0.4, -0.2) is 42.1 Å². The zero-order valence-electron chi connectivity index (χ0n) is 16.5. The Bertz CT molecular complexity index is 1260. The fourth-order valence-corrected chi connectivity index (χ4v) is 6.17. The number of carbonyl (C=O) groups is 2. The van der Waals surface area contributed by atoms with Crippen LogP contribution in [0.25, 0.3) is 10.2 Å². The minimum Gasteiger partial charge on any atom is -0.326 e. The number of rotatable bonds is 5. The van der Waals surface area contributed by atoms with Gasteiger partial charge in [0.1, 0.15) is 6.04 Å². The average Bonchev–Trinajstić information content (AvgIpc) is 3.34. The van der Waals surface area contributed by atoms with Crippen molar-refractivity contribution in [2.45, 2.75) is 30.7 Å². The quantitative estimate of drug-likeness (QED) is 0.581. The lowest BCUT2D eigenvalue weighted by atomic mass is 10.2. The van der Waals surface area contributed by atoms with Gasteiger partial charge in [0, 0.05) is 24.2 Å². The lowest BCUT2D eigenvalue weighted by Crippen LogP contribution is -2.43. The number of thiazole rings is 1. The van der Waals surface area contributed by atoms with Crippen LogP contribution in [0.1, 0.15) is 19.8 Å². The van der Waals surface area contributed by atoms with Crippen LogP contribution < -0.4 is 10.6 Å². The summed E-state index contributed by atoms with van der Waals surface area (Å²) in [5.74, 6) is -0.600. The average molecular weight is 479 g/mol. The molecule has 1 aliphatic heterocycles. The van der Waals surface area contributed by atoms with Crippen molar-refractivity contribution >= 4 is 65.8 Å². The Hall–Kier alpha value is -2.53. The summed E-state index contributed by atoms with van der Waals surface area (Å²) in [7, 11) is -3.83. The Morgan fingerprint density at radius 2 is 1.90 bits per heavy atom. The smallest absolute Gasteiger partial charge is 0.244 e. The molecule has 31 heavy (non-hydrogen) atoms. The van der Waals surface area contributed by atoms with Gasteiger partial charge in [0.05, 0.1) is 15.1 Å². The second-order valence-corrected chi connectivity index (χ2v) is 10.5. The van der Waals surface area contributed by atoms with E-state index in [-0.39, 0.29) is 17.3 Å². The van der Waals surface area contributed by atoms with Gasteiger partial charge in [-0.1, -0.05) is 22.9 Å². The van der Waals surface area contributed by atoms with Crippen molar-refractivity contribution in [3.63, 3.8) is 0 Å². The summed E-state index contributed by atoms with van der Waals surface area (Å²) in [4.78, 5) is 28.6. The Labute approximate surface area is 188 Å². The monoisotopic (exact) mass is 478 g/mol. The molecule has 162 valence electrons. The van der Waals surface area contributed by atoms with E-state index in [1.807, 2.05) is 0 Å². The van der Waals surface area contributed by atoms with Crippen molar-refractivity contribution in [3.8, 4) is 0 Å². The molecular weight excluding hydrogens is 460 g/mol. The van der Waals surface area contributed by atoms with Gasteiger partial charge in [0.2, 0.25) is 21.8 Å². The number of halogens is 1. The Morgan fingerprint density at radius 3 is 2.61 bits per heavy atom. The minimum atomic E-state index is -3.83. The number of anilines is 2. The minimum absolute atomic E-state index is 0.0992. The number of hydrogen-bond acceptors (Lipinski definition) is 6. The van der Waals surface area contributed by atoms with Crippen LogP contribution in [-0.2, 0) is 19.6 Å². The van der Waals surface area contributed by atoms with Crippen LogP contribution in [0.5, 0.6) is 0 Å². The first-order valence-electron chi connectivity index (χ1n) is 9.50. The van der Waals surface area contributed by atoms with E-state index in [1.54, 1.807) is 18.2 Å². The second-order valence-electron chi connectivity index (χ2n) is 7.10. The molecule has 1 fully saturated rings. The van der Waals surface area contributed by atoms with Gasteiger partial charge in [-0.05, 0) is 55.3 Å². The van der Waals surface area contributed by atoms with E-state index in [0.29, 0.717) is 34.2 Å². The van der Waals surface area contributed by atoms with Crippen LogP contribution in [0.15, 0.2) is 47.4 Å². The Balaban J connectivity index is 1.53. The molecule has 1 unspecified atom stereocenters. The predicted octanol–water partition coefficient (Wildman–Crippen LogP) is 3.70. The first-order valence-corrected chi connectivity index (χ1v) is 12.1. The highest BCUT2D eigenvalue weighted by molar-refractivity contribution is 7.89. The van der Waals surface area contributed by atoms with Gasteiger partial charge in [-0.2, -0.15) is 4.31 Å². The van der Waals surface area contributed by atoms with E-state index < -0.39 is 22.0 Å². The van der Waals surface area contributed by atoms with Gasteiger partial charge in [-0.25, -0.2) is 13.4 Å². The molecular formula is C20H19ClN4O4S2. The van der Waals surface area contributed by atoms with Crippen LogP contribution in [0.4, 0.5) is 10.8 Å². The summed E-state index contributed by atoms with van der Waals surface area (Å²) in [5.41, 5.74) is 1.31. The summed E-state index contributed by atoms with van der Waals surface area (Å²) in [6.45, 7) is 1.69. The molecule has 2 heterocycles. The van der Waals surface area contributed by atoms with Gasteiger partial charge < -0.3 is 10.6 Å². The zero-order valence-corrected chi connectivity index (χ0v) is 18.9. The van der Waals surface area contributed by atoms with Crippen LogP contribution in [0.2, 0.25) is 5.02 Å². The van der Waals surface area contributed by atoms with E-state index in [0.717, 1.165) is 4.70 Å². The molecule has 1 aliphatic rings. The van der Waals surface area contributed by atoms with Gasteiger partial charge in [-0.15, -0.1) is 0 Å². The van der Waals surface area contributed by atoms with Crippen molar-refractivity contribution in [3.05, 3.63) is 47.5 Å². The van der Waals surface area contributed by atoms with Crippen LogP contribution >= 0.6 is 22.9 Å². The summed E-state index contributed by atoms with van der Waals surface area (Å²) < 4.78 is 28.1. The Kier molecular flexibility index (Phi) is 5.98. The number of nitrogens with one attached hydrogen (secondary N) is 2. The third-order valence-electron chi connectivity index (χ3n) is 4.87. The molecule has 2 amide bonds. The van der Waals surface area contributed by atoms with Gasteiger partial charge >= 0.3 is 0 Å². The fraction of sp³-hybridized carbons (Fsp3) is 0.250. The highest BCUT2D eigenvalue weighted by Gasteiger charge is 2.39. The maximum atomic E-state index is 13.0. The van der Waals surface area contributed by atoms with Crippen LogP contribution in [0, 0.1) is 0 Å². The number of fused-ring (bicyclic) bond motifs is 1. The third-order valence-corrected chi connectivity index (χ3v) is 7.97. The molecule has 0 radical (unpaired) electrons. The summed E-state index contributed by atoms with van der Waals surface area (Å²) >= 11 is 7.12. The maximum absolute atomic E-state index is 13.0. The molecule has 0 saturated carbocycles. The van der Waals surface area contributed by atoms with Crippen molar-refractivity contribution in [2.24, 2.45) is 0 Å². The van der Waals surface area contributed by atoms with Gasteiger partial charge in [-0.3, -0.25) is 9.59 Å². The standard InChI is InChI=1S/C20H19ClN4O4S2/c1-12(26)22-14-6-9-16-18(11-14)30-20(23-16)24-19(27)17-3-2-10-25(17)31(28,29)15-7-4-13(21)5-8-15/h4-9,11,17H,2-3,10H2,1H3,(H,22,26)(H,23,24,27). The number of benzene rings is 2. The summed E-state index contributed by atoms with van der Waals surface area (Å²) in [6.07, 6.45) is 1.01. The molecule has 2 N–H and O–H groups in total. The molecule has 0 bridgehead atoms. The lowest BCUT2D eigenvalue weighted by molar-refractivity contribution is -0.119. The molecule has 3 aromatic rings. The molecule has 4 rings (SSSR count). The second kappa shape index (κ2) is 8.54. The summed E-state index contributed by atoms with van der Waals surface area (Å²) in [6, 6.07) is 10.3. The van der Waals surface area contributed by atoms with E-state index in [2.05, 4.69) is 15.6 Å². The largest absolute Gasteiger partial charge is 0.326 e. The highest BCUT2D eigenvalue weighted by atomic mass is 35.5. The van der Waals surface area contributed by atoms with Crippen LogP contribution in [0.3, 0.4) is 0 Å². The number of aromatic nitrogens is 1. The Morgan fingerprint density at radius 1 is 1.16 bits per heavy atom. The van der Waals surface area contributed by atoms with Gasteiger partial charge in [0.15, 0.2) is 5.13 Å². The SMILES string of the molecule is CC(=O)Nc1ccc2nc(NC(=O)C3CCCN3S(=O)(=O)c3ccc(Cl)cc3)sc2c1. The number of carbonyl (C=O) groups excluding carboxylic acids is 2. The maximum Gasteiger partial charge on any atom is 0.244 e. The van der Waals surface area contributed by atoms with Gasteiger partial charge in [0.25, 0.3) is 0 Å². The molecule has 11 heteroatoms. The van der Waals surface area contributed by atoms with Crippen molar-refractivity contribution < 1.29 is 18.0 Å². The highest BCUT2D eigenvalue weighted by Crippen LogP contribution is 2.31. The zero-order chi connectivity index (χ0) is 22.2. The van der Waals surface area contributed by atoms with E-state index in [9.17, 15) is 18.0 Å². The van der Waals surface area contributed by atoms with E-state index in [4.69, 9.17) is 11.6 Å². The molecule has 8 nitrogen and oxygen atoms in total. The number of amides is 2. The van der Waals surface area contributed by atoms with Crippen molar-refractivity contribution in [1.29, 1.82) is 0 Å². The topological polar surface area (TPSA) is 108 Å². The normalized spacial score (nSPS) is 17.0. The third kappa shape index (κ3) is 4.57. The first-order chi connectivity index (χ1) is 14.7. The molecule has 0 spiro atoms. The number of hydrogen-bond donors (Lipinski definition) is 2. The molecule has 1 aromatic heterocycles. The fourth-order valence-electron chi connectivity index (χ4n) is 3.48. The number of sulfonamides is 1. The molecule has 2 aromatic carbocycles.